The van der Waals surface area contributed by atoms with Crippen LogP contribution in [0.25, 0.3) is 0 Å². The SMILES string of the molecule is C#Cc1cccc(NC(=S)Nc2cc(NC(=S)Nc3cccc(C#C)c3)cc(C(=O)O)c2)c1. The molecule has 8 heteroatoms. The number of carboxylic acid groups (broad SMARTS) is 1. The lowest BCUT2D eigenvalue weighted by Gasteiger charge is -2.15. The van der Waals surface area contributed by atoms with E-state index in [9.17, 15) is 9.90 Å². The van der Waals surface area contributed by atoms with Gasteiger partial charge in [-0.05, 0) is 79.0 Å². The van der Waals surface area contributed by atoms with Crippen molar-refractivity contribution >= 4 is 63.4 Å². The van der Waals surface area contributed by atoms with Gasteiger partial charge in [-0.25, -0.2) is 4.79 Å². The van der Waals surface area contributed by atoms with Crippen molar-refractivity contribution in [3.05, 3.63) is 83.4 Å². The van der Waals surface area contributed by atoms with E-state index in [0.29, 0.717) is 33.9 Å². The normalized spacial score (nSPS) is 9.64. The van der Waals surface area contributed by atoms with E-state index >= 15 is 0 Å². The molecule has 0 aromatic heterocycles. The second-order valence-corrected chi connectivity index (χ2v) is 7.53. The number of rotatable bonds is 5. The van der Waals surface area contributed by atoms with Crippen molar-refractivity contribution in [2.75, 3.05) is 21.3 Å². The maximum Gasteiger partial charge on any atom is 0.335 e. The Hall–Kier alpha value is -4.37. The highest BCUT2D eigenvalue weighted by Gasteiger charge is 2.10. The molecular formula is C25H18N4O2S2. The van der Waals surface area contributed by atoms with Gasteiger partial charge in [0.2, 0.25) is 0 Å². The molecule has 3 rings (SSSR count). The predicted molar refractivity (Wildman–Crippen MR) is 142 cm³/mol. The van der Waals surface area contributed by atoms with Crippen LogP contribution >= 0.6 is 24.4 Å². The Morgan fingerprint density at radius 2 is 1.12 bits per heavy atom. The Morgan fingerprint density at radius 3 is 1.52 bits per heavy atom. The first kappa shape index (κ1) is 23.3. The van der Waals surface area contributed by atoms with Gasteiger partial charge < -0.3 is 26.4 Å². The lowest BCUT2D eigenvalue weighted by atomic mass is 10.1. The van der Waals surface area contributed by atoms with Crippen LogP contribution in [0, 0.1) is 24.7 Å². The molecule has 0 radical (unpaired) electrons. The number of hydrogen-bond acceptors (Lipinski definition) is 3. The summed E-state index contributed by atoms with van der Waals surface area (Å²) in [6, 6.07) is 19.0. The van der Waals surface area contributed by atoms with E-state index in [1.165, 1.54) is 12.1 Å². The summed E-state index contributed by atoms with van der Waals surface area (Å²) in [4.78, 5) is 11.6. The molecule has 0 saturated carbocycles. The average molecular weight is 471 g/mol. The number of hydrogen-bond donors (Lipinski definition) is 5. The first-order valence-electron chi connectivity index (χ1n) is 9.54. The van der Waals surface area contributed by atoms with Crippen LogP contribution in [-0.2, 0) is 0 Å². The molecule has 0 amide bonds. The summed E-state index contributed by atoms with van der Waals surface area (Å²) in [7, 11) is 0. The molecule has 33 heavy (non-hydrogen) atoms. The topological polar surface area (TPSA) is 85.4 Å². The first-order chi connectivity index (χ1) is 15.9. The quantitative estimate of drug-likeness (QED) is 0.264. The molecule has 3 aromatic rings. The lowest BCUT2D eigenvalue weighted by Crippen LogP contribution is -2.21. The second kappa shape index (κ2) is 10.8. The third-order valence-electron chi connectivity index (χ3n) is 4.27. The Labute approximate surface area is 202 Å². The van der Waals surface area contributed by atoms with Gasteiger partial charge in [0.15, 0.2) is 10.2 Å². The van der Waals surface area contributed by atoms with Gasteiger partial charge in [-0.1, -0.05) is 24.0 Å². The van der Waals surface area contributed by atoms with Crippen molar-refractivity contribution in [1.82, 2.24) is 0 Å². The zero-order valence-electron chi connectivity index (χ0n) is 17.2. The van der Waals surface area contributed by atoms with Crippen LogP contribution in [0.5, 0.6) is 0 Å². The van der Waals surface area contributed by atoms with Crippen molar-refractivity contribution < 1.29 is 9.90 Å². The molecule has 0 bridgehead atoms. The van der Waals surface area contributed by atoms with Crippen LogP contribution in [0.3, 0.4) is 0 Å². The fourth-order valence-corrected chi connectivity index (χ4v) is 3.33. The van der Waals surface area contributed by atoms with Crippen LogP contribution in [0.4, 0.5) is 22.7 Å². The average Bonchev–Trinajstić information content (AvgIpc) is 2.78. The molecular weight excluding hydrogens is 452 g/mol. The number of aromatic carboxylic acids is 1. The number of nitrogens with one attached hydrogen (secondary N) is 4. The van der Waals surface area contributed by atoms with Crippen LogP contribution in [0.2, 0.25) is 0 Å². The minimum atomic E-state index is -1.09. The van der Waals surface area contributed by atoms with Crippen molar-refractivity contribution in [3.63, 3.8) is 0 Å². The molecule has 0 spiro atoms. The molecule has 6 nitrogen and oxygen atoms in total. The van der Waals surface area contributed by atoms with E-state index in [1.54, 1.807) is 42.5 Å². The summed E-state index contributed by atoms with van der Waals surface area (Å²) in [6.45, 7) is 0. The molecule has 0 unspecified atom stereocenters. The number of benzene rings is 3. The van der Waals surface area contributed by atoms with Gasteiger partial charge in [0.25, 0.3) is 0 Å². The maximum absolute atomic E-state index is 11.6. The molecule has 3 aromatic carbocycles. The summed E-state index contributed by atoms with van der Waals surface area (Å²) in [5.41, 5.74) is 3.79. The number of thiocarbonyl (C=S) groups is 2. The number of carboxylic acids is 1. The minimum Gasteiger partial charge on any atom is -0.478 e. The Bertz CT molecular complexity index is 1230. The Kier molecular flexibility index (Phi) is 7.61. The van der Waals surface area contributed by atoms with E-state index in [0.717, 1.165) is 0 Å². The smallest absolute Gasteiger partial charge is 0.335 e. The molecule has 5 N–H and O–H groups in total. The predicted octanol–water partition coefficient (Wildman–Crippen LogP) is 4.97. The first-order valence-corrected chi connectivity index (χ1v) is 10.4. The number of carbonyl (C=O) groups is 1. The molecule has 0 heterocycles. The van der Waals surface area contributed by atoms with Gasteiger partial charge in [-0.2, -0.15) is 0 Å². The molecule has 162 valence electrons. The Balaban J connectivity index is 1.74. The summed E-state index contributed by atoms with van der Waals surface area (Å²) in [6.07, 6.45) is 10.8. The van der Waals surface area contributed by atoms with E-state index in [-0.39, 0.29) is 15.8 Å². The van der Waals surface area contributed by atoms with Crippen LogP contribution in [0.1, 0.15) is 21.5 Å². The highest BCUT2D eigenvalue weighted by Crippen LogP contribution is 2.21. The van der Waals surface area contributed by atoms with E-state index in [1.807, 2.05) is 12.1 Å². The van der Waals surface area contributed by atoms with Gasteiger partial charge >= 0.3 is 5.97 Å². The fourth-order valence-electron chi connectivity index (χ4n) is 2.86. The van der Waals surface area contributed by atoms with E-state index < -0.39 is 5.97 Å². The number of anilines is 4. The summed E-state index contributed by atoms with van der Waals surface area (Å²) in [5.74, 6) is 4.01. The fraction of sp³-hybridized carbons (Fsp3) is 0. The second-order valence-electron chi connectivity index (χ2n) is 6.71. The van der Waals surface area contributed by atoms with Gasteiger partial charge in [0.05, 0.1) is 5.56 Å². The van der Waals surface area contributed by atoms with Crippen LogP contribution in [-0.4, -0.2) is 21.3 Å². The largest absolute Gasteiger partial charge is 0.478 e. The minimum absolute atomic E-state index is 0.0526. The molecule has 0 aliphatic rings. The van der Waals surface area contributed by atoms with Crippen molar-refractivity contribution in [2.24, 2.45) is 0 Å². The molecule has 0 aliphatic heterocycles. The van der Waals surface area contributed by atoms with Gasteiger partial charge in [-0.15, -0.1) is 12.8 Å². The third kappa shape index (κ3) is 6.81. The summed E-state index contributed by atoms with van der Waals surface area (Å²) in [5, 5.41) is 22.0. The van der Waals surface area contributed by atoms with Gasteiger partial charge in [0, 0.05) is 33.9 Å². The standard InChI is InChI=1S/C25H18N4O2S2/c1-3-16-7-5-9-19(11-16)26-24(32)28-21-13-18(23(30)31)14-22(15-21)29-25(33)27-20-10-6-8-17(4-2)12-20/h1-2,5-15H,(H,30,31)(H2,26,28,32)(H2,27,29,33). The van der Waals surface area contributed by atoms with Crippen LogP contribution in [0.15, 0.2) is 66.7 Å². The lowest BCUT2D eigenvalue weighted by molar-refractivity contribution is 0.0697. The van der Waals surface area contributed by atoms with Crippen LogP contribution < -0.4 is 21.3 Å². The zero-order chi connectivity index (χ0) is 23.8. The molecule has 0 fully saturated rings. The molecule has 0 atom stereocenters. The number of terminal acetylenes is 2. The van der Waals surface area contributed by atoms with Gasteiger partial charge in [-0.3, -0.25) is 0 Å². The molecule has 0 aliphatic carbocycles. The van der Waals surface area contributed by atoms with E-state index in [2.05, 4.69) is 33.1 Å². The third-order valence-corrected chi connectivity index (χ3v) is 4.68. The van der Waals surface area contributed by atoms with Crippen molar-refractivity contribution in [2.45, 2.75) is 0 Å². The summed E-state index contributed by atoms with van der Waals surface area (Å²) >= 11 is 10.7. The maximum atomic E-state index is 11.6. The van der Waals surface area contributed by atoms with Gasteiger partial charge in [0.1, 0.15) is 0 Å². The zero-order valence-corrected chi connectivity index (χ0v) is 18.8. The monoisotopic (exact) mass is 470 g/mol. The highest BCUT2D eigenvalue weighted by atomic mass is 32.1. The Morgan fingerprint density at radius 1 is 0.697 bits per heavy atom. The summed E-state index contributed by atoms with van der Waals surface area (Å²) < 4.78 is 0. The van der Waals surface area contributed by atoms with E-state index in [4.69, 9.17) is 37.3 Å². The van der Waals surface area contributed by atoms with Crippen molar-refractivity contribution in [3.8, 4) is 24.7 Å². The molecule has 0 saturated heterocycles. The highest BCUT2D eigenvalue weighted by molar-refractivity contribution is 7.81. The van der Waals surface area contributed by atoms with Crippen molar-refractivity contribution in [1.29, 1.82) is 0 Å².